The molecule has 2 atom stereocenters. The molecule has 17 heavy (non-hydrogen) atoms. The van der Waals surface area contributed by atoms with Crippen molar-refractivity contribution >= 4 is 0 Å². The molecule has 1 aliphatic heterocycles. The lowest BCUT2D eigenvalue weighted by Gasteiger charge is -2.29. The van der Waals surface area contributed by atoms with E-state index in [4.69, 9.17) is 19.9 Å². The van der Waals surface area contributed by atoms with Crippen LogP contribution in [0.1, 0.15) is 13.3 Å². The van der Waals surface area contributed by atoms with Crippen molar-refractivity contribution < 1.29 is 14.2 Å². The Labute approximate surface area is 102 Å². The summed E-state index contributed by atoms with van der Waals surface area (Å²) in [5.41, 5.74) is 5.99. The molecule has 0 spiro atoms. The van der Waals surface area contributed by atoms with Gasteiger partial charge in [0.15, 0.2) is 0 Å². The van der Waals surface area contributed by atoms with Gasteiger partial charge in [-0.25, -0.2) is 0 Å². The van der Waals surface area contributed by atoms with Crippen LogP contribution >= 0.6 is 0 Å². The summed E-state index contributed by atoms with van der Waals surface area (Å²) >= 11 is 0. The van der Waals surface area contributed by atoms with Crippen molar-refractivity contribution in [1.82, 2.24) is 0 Å². The monoisotopic (exact) mass is 237 g/mol. The molecule has 0 saturated carbocycles. The first-order chi connectivity index (χ1) is 8.29. The van der Waals surface area contributed by atoms with E-state index in [1.807, 2.05) is 31.2 Å². The first-order valence-electron chi connectivity index (χ1n) is 6.02. The summed E-state index contributed by atoms with van der Waals surface area (Å²) in [6.45, 7) is 3.88. The molecule has 2 unspecified atom stereocenters. The molecule has 0 radical (unpaired) electrons. The molecule has 4 nitrogen and oxygen atoms in total. The Morgan fingerprint density at radius 2 is 2.24 bits per heavy atom. The first-order valence-corrected chi connectivity index (χ1v) is 6.02. The van der Waals surface area contributed by atoms with Gasteiger partial charge in [-0.15, -0.1) is 0 Å². The lowest BCUT2D eigenvalue weighted by Crippen LogP contribution is -2.46. The number of nitrogens with two attached hydrogens (primary N) is 1. The maximum absolute atomic E-state index is 5.99. The number of hydrogen-bond acceptors (Lipinski definition) is 4. The van der Waals surface area contributed by atoms with Crippen LogP contribution in [0.3, 0.4) is 0 Å². The fraction of sp³-hybridized carbons (Fsp3) is 0.538. The minimum atomic E-state index is -0.0689. The molecular weight excluding hydrogens is 218 g/mol. The van der Waals surface area contributed by atoms with Crippen LogP contribution < -0.4 is 15.2 Å². The van der Waals surface area contributed by atoms with Crippen LogP contribution in [-0.4, -0.2) is 32.0 Å². The SMILES string of the molecule is CCOc1cccc(OC2COCCC2N)c1. The first kappa shape index (κ1) is 12.2. The normalized spacial score (nSPS) is 24.4. The summed E-state index contributed by atoms with van der Waals surface area (Å²) in [4.78, 5) is 0. The predicted octanol–water partition coefficient (Wildman–Crippen LogP) is 1.58. The molecule has 0 amide bonds. The van der Waals surface area contributed by atoms with Gasteiger partial charge >= 0.3 is 0 Å². The third-order valence-corrected chi connectivity index (χ3v) is 2.76. The summed E-state index contributed by atoms with van der Waals surface area (Å²) in [7, 11) is 0. The van der Waals surface area contributed by atoms with Crippen LogP contribution in [0.5, 0.6) is 11.5 Å². The summed E-state index contributed by atoms with van der Waals surface area (Å²) in [6, 6.07) is 7.65. The van der Waals surface area contributed by atoms with Crippen molar-refractivity contribution in [3.8, 4) is 11.5 Å². The van der Waals surface area contributed by atoms with Gasteiger partial charge < -0.3 is 19.9 Å². The van der Waals surface area contributed by atoms with Gasteiger partial charge in [-0.05, 0) is 25.5 Å². The minimum absolute atomic E-state index is 0.0412. The zero-order chi connectivity index (χ0) is 12.1. The van der Waals surface area contributed by atoms with E-state index < -0.39 is 0 Å². The van der Waals surface area contributed by atoms with Gasteiger partial charge in [-0.1, -0.05) is 6.07 Å². The fourth-order valence-corrected chi connectivity index (χ4v) is 1.83. The van der Waals surface area contributed by atoms with E-state index in [-0.39, 0.29) is 12.1 Å². The maximum atomic E-state index is 5.99. The molecule has 1 saturated heterocycles. The molecule has 1 aromatic rings. The van der Waals surface area contributed by atoms with E-state index >= 15 is 0 Å². The average molecular weight is 237 g/mol. The highest BCUT2D eigenvalue weighted by atomic mass is 16.5. The lowest BCUT2D eigenvalue weighted by atomic mass is 10.1. The number of hydrogen-bond donors (Lipinski definition) is 1. The Morgan fingerprint density at radius 1 is 1.41 bits per heavy atom. The van der Waals surface area contributed by atoms with Crippen molar-refractivity contribution in [3.05, 3.63) is 24.3 Å². The van der Waals surface area contributed by atoms with Gasteiger partial charge in [0, 0.05) is 18.7 Å². The summed E-state index contributed by atoms with van der Waals surface area (Å²) in [5, 5.41) is 0. The van der Waals surface area contributed by atoms with Crippen molar-refractivity contribution in [3.63, 3.8) is 0 Å². The quantitative estimate of drug-likeness (QED) is 0.863. The maximum Gasteiger partial charge on any atom is 0.137 e. The third-order valence-electron chi connectivity index (χ3n) is 2.76. The molecule has 94 valence electrons. The van der Waals surface area contributed by atoms with Gasteiger partial charge in [0.25, 0.3) is 0 Å². The van der Waals surface area contributed by atoms with Crippen LogP contribution in [0.2, 0.25) is 0 Å². The van der Waals surface area contributed by atoms with Crippen LogP contribution in [0.25, 0.3) is 0 Å². The molecule has 1 heterocycles. The highest BCUT2D eigenvalue weighted by Crippen LogP contribution is 2.22. The van der Waals surface area contributed by atoms with E-state index in [1.165, 1.54) is 0 Å². The fourth-order valence-electron chi connectivity index (χ4n) is 1.83. The van der Waals surface area contributed by atoms with Crippen LogP contribution in [-0.2, 0) is 4.74 Å². The van der Waals surface area contributed by atoms with Crippen LogP contribution in [0, 0.1) is 0 Å². The van der Waals surface area contributed by atoms with E-state index in [2.05, 4.69) is 0 Å². The highest BCUT2D eigenvalue weighted by molar-refractivity contribution is 5.33. The average Bonchev–Trinajstić information content (AvgIpc) is 2.33. The van der Waals surface area contributed by atoms with Crippen LogP contribution in [0.15, 0.2) is 24.3 Å². The Balaban J connectivity index is 1.99. The van der Waals surface area contributed by atoms with E-state index in [9.17, 15) is 0 Å². The standard InChI is InChI=1S/C13H19NO3/c1-2-16-10-4-3-5-11(8-10)17-13-9-15-7-6-12(13)14/h3-5,8,12-13H,2,6-7,9,14H2,1H3. The molecule has 0 aliphatic carbocycles. The zero-order valence-electron chi connectivity index (χ0n) is 10.1. The third kappa shape index (κ3) is 3.35. The molecule has 1 aliphatic rings. The molecule has 2 N–H and O–H groups in total. The van der Waals surface area contributed by atoms with E-state index in [1.54, 1.807) is 0 Å². The molecule has 4 heteroatoms. The van der Waals surface area contributed by atoms with Gasteiger partial charge in [0.1, 0.15) is 17.6 Å². The van der Waals surface area contributed by atoms with Gasteiger partial charge in [0.05, 0.1) is 13.2 Å². The van der Waals surface area contributed by atoms with E-state index in [0.29, 0.717) is 13.2 Å². The van der Waals surface area contributed by atoms with Gasteiger partial charge in [-0.3, -0.25) is 0 Å². The van der Waals surface area contributed by atoms with E-state index in [0.717, 1.165) is 24.5 Å². The summed E-state index contributed by atoms with van der Waals surface area (Å²) in [6.07, 6.45) is 0.774. The second-order valence-corrected chi connectivity index (χ2v) is 4.09. The summed E-state index contributed by atoms with van der Waals surface area (Å²) in [5.74, 6) is 1.59. The molecule has 2 rings (SSSR count). The number of ether oxygens (including phenoxy) is 3. The Hall–Kier alpha value is -1.26. The number of rotatable bonds is 4. The van der Waals surface area contributed by atoms with Crippen LogP contribution in [0.4, 0.5) is 0 Å². The van der Waals surface area contributed by atoms with Crippen molar-refractivity contribution in [1.29, 1.82) is 0 Å². The zero-order valence-corrected chi connectivity index (χ0v) is 10.1. The smallest absolute Gasteiger partial charge is 0.137 e. The predicted molar refractivity (Wildman–Crippen MR) is 65.4 cm³/mol. The number of benzene rings is 1. The highest BCUT2D eigenvalue weighted by Gasteiger charge is 2.24. The Bertz CT molecular complexity index is 356. The Morgan fingerprint density at radius 3 is 3.00 bits per heavy atom. The largest absolute Gasteiger partial charge is 0.494 e. The minimum Gasteiger partial charge on any atom is -0.494 e. The summed E-state index contributed by atoms with van der Waals surface area (Å²) < 4.78 is 16.6. The second kappa shape index (κ2) is 5.89. The Kier molecular flexibility index (Phi) is 4.23. The van der Waals surface area contributed by atoms with Crippen molar-refractivity contribution in [2.75, 3.05) is 19.8 Å². The lowest BCUT2D eigenvalue weighted by molar-refractivity contribution is -0.00539. The second-order valence-electron chi connectivity index (χ2n) is 4.09. The topological polar surface area (TPSA) is 53.7 Å². The van der Waals surface area contributed by atoms with Crippen molar-refractivity contribution in [2.24, 2.45) is 5.73 Å². The molecule has 0 aromatic heterocycles. The molecule has 1 fully saturated rings. The van der Waals surface area contributed by atoms with Gasteiger partial charge in [0.2, 0.25) is 0 Å². The molecule has 0 bridgehead atoms. The molecule has 1 aromatic carbocycles. The van der Waals surface area contributed by atoms with Gasteiger partial charge in [-0.2, -0.15) is 0 Å². The molecular formula is C13H19NO3. The van der Waals surface area contributed by atoms with Crippen molar-refractivity contribution in [2.45, 2.75) is 25.5 Å².